The van der Waals surface area contributed by atoms with E-state index in [-0.39, 0.29) is 12.0 Å². The summed E-state index contributed by atoms with van der Waals surface area (Å²) in [4.78, 5) is 12.8. The molecule has 15 heavy (non-hydrogen) atoms. The summed E-state index contributed by atoms with van der Waals surface area (Å²) in [5, 5.41) is 12.1. The van der Waals surface area contributed by atoms with Crippen LogP contribution in [0.4, 0.5) is 0 Å². The molecule has 0 aromatic rings. The molecule has 88 valence electrons. The van der Waals surface area contributed by atoms with Crippen LogP contribution in [-0.2, 0) is 4.79 Å². The molecule has 0 saturated carbocycles. The van der Waals surface area contributed by atoms with Crippen LogP contribution in [0.3, 0.4) is 0 Å². The van der Waals surface area contributed by atoms with Crippen molar-refractivity contribution in [3.63, 3.8) is 0 Å². The van der Waals surface area contributed by atoms with Gasteiger partial charge in [-0.3, -0.25) is 9.69 Å². The van der Waals surface area contributed by atoms with Crippen molar-refractivity contribution in [2.24, 2.45) is 0 Å². The summed E-state index contributed by atoms with van der Waals surface area (Å²) in [5.41, 5.74) is 0.213. The summed E-state index contributed by atoms with van der Waals surface area (Å²) in [7, 11) is 2.11. The molecule has 1 atom stereocenters. The van der Waals surface area contributed by atoms with Crippen LogP contribution in [0.5, 0.6) is 0 Å². The molecule has 1 fully saturated rings. The second-order valence-corrected chi connectivity index (χ2v) is 5.03. The van der Waals surface area contributed by atoms with Crippen LogP contribution in [0.2, 0.25) is 0 Å². The standard InChI is InChI=1S/C11H22N2O2/c1-11(2)6-7-12-9(8-13(11)3)4-5-10(14)15/h9,12H,4-8H2,1-3H3,(H,14,15). The lowest BCUT2D eigenvalue weighted by Crippen LogP contribution is -2.43. The number of likely N-dealkylation sites (N-methyl/N-ethyl adjacent to an activating group) is 1. The number of nitrogens with zero attached hydrogens (tertiary/aromatic N) is 1. The van der Waals surface area contributed by atoms with Crippen molar-refractivity contribution in [3.8, 4) is 0 Å². The van der Waals surface area contributed by atoms with E-state index in [0.29, 0.717) is 6.04 Å². The van der Waals surface area contributed by atoms with Gasteiger partial charge in [0.1, 0.15) is 0 Å². The third-order valence-electron chi connectivity index (χ3n) is 3.40. The number of carbonyl (C=O) groups is 1. The van der Waals surface area contributed by atoms with Crippen molar-refractivity contribution in [2.45, 2.75) is 44.7 Å². The summed E-state index contributed by atoms with van der Waals surface area (Å²) in [6.45, 7) is 6.37. The normalized spacial score (nSPS) is 27.3. The highest BCUT2D eigenvalue weighted by molar-refractivity contribution is 5.66. The lowest BCUT2D eigenvalue weighted by Gasteiger charge is -2.34. The van der Waals surface area contributed by atoms with Gasteiger partial charge < -0.3 is 10.4 Å². The highest BCUT2D eigenvalue weighted by Crippen LogP contribution is 2.20. The Morgan fingerprint density at radius 1 is 1.60 bits per heavy atom. The first kappa shape index (κ1) is 12.5. The Balaban J connectivity index is 2.45. The van der Waals surface area contributed by atoms with Gasteiger partial charge in [0.05, 0.1) is 0 Å². The fraction of sp³-hybridized carbons (Fsp3) is 0.909. The van der Waals surface area contributed by atoms with Gasteiger partial charge in [0, 0.05) is 24.5 Å². The molecule has 1 rings (SSSR count). The fourth-order valence-corrected chi connectivity index (χ4v) is 1.91. The maximum Gasteiger partial charge on any atom is 0.303 e. The maximum absolute atomic E-state index is 10.5. The molecule has 1 heterocycles. The Bertz CT molecular complexity index is 229. The Morgan fingerprint density at radius 2 is 2.27 bits per heavy atom. The van der Waals surface area contributed by atoms with E-state index in [1.165, 1.54) is 0 Å². The average molecular weight is 214 g/mol. The molecule has 0 aromatic heterocycles. The smallest absolute Gasteiger partial charge is 0.303 e. The molecule has 1 aliphatic heterocycles. The SMILES string of the molecule is CN1CC(CCC(=O)O)NCCC1(C)C. The molecule has 0 radical (unpaired) electrons. The number of carboxylic acid groups (broad SMARTS) is 1. The quantitative estimate of drug-likeness (QED) is 0.733. The van der Waals surface area contributed by atoms with Gasteiger partial charge in [-0.1, -0.05) is 0 Å². The first-order valence-corrected chi connectivity index (χ1v) is 5.58. The van der Waals surface area contributed by atoms with E-state index in [2.05, 4.69) is 31.1 Å². The van der Waals surface area contributed by atoms with Crippen LogP contribution >= 0.6 is 0 Å². The summed E-state index contributed by atoms with van der Waals surface area (Å²) in [6.07, 6.45) is 2.08. The van der Waals surface area contributed by atoms with E-state index in [4.69, 9.17) is 5.11 Å². The molecular formula is C11H22N2O2. The number of nitrogens with one attached hydrogen (secondary N) is 1. The maximum atomic E-state index is 10.5. The lowest BCUT2D eigenvalue weighted by molar-refractivity contribution is -0.137. The van der Waals surface area contributed by atoms with Gasteiger partial charge in [-0.2, -0.15) is 0 Å². The van der Waals surface area contributed by atoms with Crippen LogP contribution in [-0.4, -0.2) is 47.7 Å². The van der Waals surface area contributed by atoms with E-state index in [9.17, 15) is 4.79 Å². The lowest BCUT2D eigenvalue weighted by atomic mass is 9.99. The first-order chi connectivity index (χ1) is 6.92. The Morgan fingerprint density at radius 3 is 2.87 bits per heavy atom. The van der Waals surface area contributed by atoms with E-state index < -0.39 is 5.97 Å². The van der Waals surface area contributed by atoms with Crippen LogP contribution in [0.1, 0.15) is 33.1 Å². The summed E-state index contributed by atoms with van der Waals surface area (Å²) in [5.74, 6) is -0.706. The van der Waals surface area contributed by atoms with Crippen molar-refractivity contribution in [1.82, 2.24) is 10.2 Å². The van der Waals surface area contributed by atoms with Crippen molar-refractivity contribution in [2.75, 3.05) is 20.1 Å². The minimum absolute atomic E-state index is 0.213. The monoisotopic (exact) mass is 214 g/mol. The number of carboxylic acids is 1. The Hall–Kier alpha value is -0.610. The molecule has 0 amide bonds. The molecule has 1 unspecified atom stereocenters. The zero-order chi connectivity index (χ0) is 11.5. The predicted octanol–water partition coefficient (Wildman–Crippen LogP) is 0.923. The summed E-state index contributed by atoms with van der Waals surface area (Å²) in [6, 6.07) is 0.313. The Kier molecular flexibility index (Phi) is 4.11. The molecule has 2 N–H and O–H groups in total. The summed E-state index contributed by atoms with van der Waals surface area (Å²) < 4.78 is 0. The highest BCUT2D eigenvalue weighted by Gasteiger charge is 2.28. The van der Waals surface area contributed by atoms with Gasteiger partial charge in [-0.15, -0.1) is 0 Å². The minimum atomic E-state index is -0.706. The molecule has 0 aromatic carbocycles. The number of rotatable bonds is 3. The predicted molar refractivity (Wildman–Crippen MR) is 60.0 cm³/mol. The van der Waals surface area contributed by atoms with Gasteiger partial charge in [0.2, 0.25) is 0 Å². The summed E-state index contributed by atoms with van der Waals surface area (Å²) >= 11 is 0. The molecular weight excluding hydrogens is 192 g/mol. The zero-order valence-corrected chi connectivity index (χ0v) is 9.92. The molecule has 0 bridgehead atoms. The van der Waals surface area contributed by atoms with Gasteiger partial charge >= 0.3 is 5.97 Å². The van der Waals surface area contributed by atoms with E-state index in [1.807, 2.05) is 0 Å². The molecule has 1 aliphatic rings. The van der Waals surface area contributed by atoms with Crippen LogP contribution in [0.15, 0.2) is 0 Å². The second kappa shape index (κ2) is 4.94. The number of hydrogen-bond acceptors (Lipinski definition) is 3. The number of hydrogen-bond donors (Lipinski definition) is 2. The van der Waals surface area contributed by atoms with Gasteiger partial charge in [0.15, 0.2) is 0 Å². The Labute approximate surface area is 91.6 Å². The van der Waals surface area contributed by atoms with Crippen molar-refractivity contribution in [3.05, 3.63) is 0 Å². The topological polar surface area (TPSA) is 52.6 Å². The first-order valence-electron chi connectivity index (χ1n) is 5.58. The van der Waals surface area contributed by atoms with Gasteiger partial charge in [-0.05, 0) is 40.3 Å². The van der Waals surface area contributed by atoms with Crippen molar-refractivity contribution >= 4 is 5.97 Å². The number of aliphatic carboxylic acids is 1. The zero-order valence-electron chi connectivity index (χ0n) is 9.92. The van der Waals surface area contributed by atoms with E-state index in [0.717, 1.165) is 25.9 Å². The van der Waals surface area contributed by atoms with Crippen LogP contribution in [0.25, 0.3) is 0 Å². The average Bonchev–Trinajstić information content (AvgIpc) is 2.24. The molecule has 1 saturated heterocycles. The fourth-order valence-electron chi connectivity index (χ4n) is 1.91. The molecule has 4 heteroatoms. The van der Waals surface area contributed by atoms with E-state index in [1.54, 1.807) is 0 Å². The minimum Gasteiger partial charge on any atom is -0.481 e. The third kappa shape index (κ3) is 3.80. The highest BCUT2D eigenvalue weighted by atomic mass is 16.4. The second-order valence-electron chi connectivity index (χ2n) is 5.03. The largest absolute Gasteiger partial charge is 0.481 e. The van der Waals surface area contributed by atoms with Crippen molar-refractivity contribution in [1.29, 1.82) is 0 Å². The van der Waals surface area contributed by atoms with Crippen molar-refractivity contribution < 1.29 is 9.90 Å². The molecule has 0 aliphatic carbocycles. The third-order valence-corrected chi connectivity index (χ3v) is 3.40. The van der Waals surface area contributed by atoms with Gasteiger partial charge in [0.25, 0.3) is 0 Å². The van der Waals surface area contributed by atoms with Crippen LogP contribution in [0, 0.1) is 0 Å². The molecule has 4 nitrogen and oxygen atoms in total. The van der Waals surface area contributed by atoms with E-state index >= 15 is 0 Å². The van der Waals surface area contributed by atoms with Crippen LogP contribution < -0.4 is 5.32 Å². The van der Waals surface area contributed by atoms with Gasteiger partial charge in [-0.25, -0.2) is 0 Å². The molecule has 0 spiro atoms.